The van der Waals surface area contributed by atoms with Crippen molar-refractivity contribution in [1.82, 2.24) is 15.0 Å². The lowest BCUT2D eigenvalue weighted by atomic mass is 10.4. The minimum atomic E-state index is -1.17. The molecule has 0 saturated carbocycles. The van der Waals surface area contributed by atoms with E-state index in [9.17, 15) is 4.79 Å². The Morgan fingerprint density at radius 1 is 1.82 bits per heavy atom. The summed E-state index contributed by atoms with van der Waals surface area (Å²) >= 11 is 0. The second kappa shape index (κ2) is 2.84. The van der Waals surface area contributed by atoms with Crippen molar-refractivity contribution in [3.63, 3.8) is 0 Å². The van der Waals surface area contributed by atoms with Crippen molar-refractivity contribution >= 4 is 5.97 Å². The number of carboxylic acid groups (broad SMARTS) is 1. The van der Waals surface area contributed by atoms with E-state index in [1.807, 2.05) is 5.92 Å². The normalized spacial score (nSPS) is 8.45. The van der Waals surface area contributed by atoms with E-state index < -0.39 is 5.97 Å². The average molecular weight is 151 g/mol. The number of hydrogen-bond acceptors (Lipinski definition) is 3. The minimum Gasteiger partial charge on any atom is -0.472 e. The molecule has 0 aliphatic carbocycles. The van der Waals surface area contributed by atoms with Gasteiger partial charge in [0.15, 0.2) is 5.69 Å². The smallest absolute Gasteiger partial charge is 0.382 e. The van der Waals surface area contributed by atoms with Gasteiger partial charge in [-0.15, -0.1) is 5.10 Å². The van der Waals surface area contributed by atoms with Gasteiger partial charge in [-0.2, -0.15) is 0 Å². The Balaban J connectivity index is 2.82. The first kappa shape index (κ1) is 7.28. The van der Waals surface area contributed by atoms with Crippen LogP contribution in [0.4, 0.5) is 0 Å². The van der Waals surface area contributed by atoms with E-state index in [1.54, 1.807) is 7.05 Å². The first-order valence-corrected chi connectivity index (χ1v) is 2.80. The number of aryl methyl sites for hydroxylation is 1. The van der Waals surface area contributed by atoms with Crippen LogP contribution in [0.1, 0.15) is 5.69 Å². The van der Waals surface area contributed by atoms with Gasteiger partial charge in [-0.05, 0) is 5.92 Å². The molecule has 5 heteroatoms. The molecule has 0 fully saturated rings. The van der Waals surface area contributed by atoms with Crippen molar-refractivity contribution in [3.8, 4) is 11.8 Å². The highest BCUT2D eigenvalue weighted by molar-refractivity contribution is 5.87. The molecule has 0 radical (unpaired) electrons. The molecule has 1 aromatic rings. The zero-order valence-electron chi connectivity index (χ0n) is 5.77. The molecule has 1 N–H and O–H groups in total. The Labute approximate surface area is 62.6 Å². The fourth-order valence-electron chi connectivity index (χ4n) is 0.522. The number of carbonyl (C=O) groups is 1. The summed E-state index contributed by atoms with van der Waals surface area (Å²) in [5.74, 6) is 3.08. The van der Waals surface area contributed by atoms with Crippen molar-refractivity contribution in [1.29, 1.82) is 0 Å². The third-order valence-electron chi connectivity index (χ3n) is 0.900. The third-order valence-corrected chi connectivity index (χ3v) is 0.900. The van der Waals surface area contributed by atoms with Gasteiger partial charge in [0.1, 0.15) is 0 Å². The van der Waals surface area contributed by atoms with Crippen LogP contribution in [0.3, 0.4) is 0 Å². The Morgan fingerprint density at radius 3 is 3.00 bits per heavy atom. The van der Waals surface area contributed by atoms with E-state index in [4.69, 9.17) is 5.11 Å². The predicted molar refractivity (Wildman–Crippen MR) is 35.5 cm³/mol. The summed E-state index contributed by atoms with van der Waals surface area (Å²) in [7, 11) is 1.68. The maximum absolute atomic E-state index is 9.95. The first-order chi connectivity index (χ1) is 5.18. The number of aromatic nitrogens is 3. The summed E-state index contributed by atoms with van der Waals surface area (Å²) in [5.41, 5.74) is 0.356. The van der Waals surface area contributed by atoms with Crippen LogP contribution >= 0.6 is 0 Å². The highest BCUT2D eigenvalue weighted by Crippen LogP contribution is 1.85. The number of aliphatic carboxylic acids is 1. The summed E-state index contributed by atoms with van der Waals surface area (Å²) in [5, 5.41) is 15.3. The van der Waals surface area contributed by atoms with Crippen molar-refractivity contribution in [2.75, 3.05) is 0 Å². The highest BCUT2D eigenvalue weighted by Gasteiger charge is 1.91. The molecule has 0 atom stereocenters. The summed E-state index contributed by atoms with van der Waals surface area (Å²) in [6.07, 6.45) is 1.54. The van der Waals surface area contributed by atoms with Gasteiger partial charge in [0.05, 0.1) is 6.20 Å². The lowest BCUT2D eigenvalue weighted by Gasteiger charge is -1.75. The van der Waals surface area contributed by atoms with Gasteiger partial charge in [0.2, 0.25) is 0 Å². The van der Waals surface area contributed by atoms with Crippen LogP contribution in [0.25, 0.3) is 0 Å². The zero-order valence-corrected chi connectivity index (χ0v) is 5.77. The molecule has 0 amide bonds. The van der Waals surface area contributed by atoms with Gasteiger partial charge in [0, 0.05) is 13.0 Å². The number of carboxylic acids is 1. The van der Waals surface area contributed by atoms with Crippen molar-refractivity contribution in [2.24, 2.45) is 7.05 Å². The Bertz CT molecular complexity index is 331. The number of hydrogen-bond donors (Lipinski definition) is 1. The minimum absolute atomic E-state index is 0.356. The highest BCUT2D eigenvalue weighted by atomic mass is 16.4. The van der Waals surface area contributed by atoms with Crippen LogP contribution in [-0.4, -0.2) is 26.1 Å². The molecule has 0 bridgehead atoms. The van der Waals surface area contributed by atoms with Crippen LogP contribution in [0.2, 0.25) is 0 Å². The SMILES string of the molecule is Cn1cc(C#CC(=O)O)nn1. The molecular formula is C6H5N3O2. The summed E-state index contributed by atoms with van der Waals surface area (Å²) in [4.78, 5) is 9.95. The predicted octanol–water partition coefficient (Wildman–Crippen LogP) is -0.749. The van der Waals surface area contributed by atoms with E-state index in [0.717, 1.165) is 0 Å². The van der Waals surface area contributed by atoms with Gasteiger partial charge in [0.25, 0.3) is 0 Å². The lowest BCUT2D eigenvalue weighted by molar-refractivity contribution is -0.130. The van der Waals surface area contributed by atoms with Crippen LogP contribution in [0.5, 0.6) is 0 Å². The molecule has 11 heavy (non-hydrogen) atoms. The van der Waals surface area contributed by atoms with E-state index in [1.165, 1.54) is 10.9 Å². The Morgan fingerprint density at radius 2 is 2.55 bits per heavy atom. The molecule has 1 aromatic heterocycles. The molecule has 1 heterocycles. The topological polar surface area (TPSA) is 68.0 Å². The van der Waals surface area contributed by atoms with Crippen molar-refractivity contribution < 1.29 is 9.90 Å². The van der Waals surface area contributed by atoms with Gasteiger partial charge in [-0.3, -0.25) is 4.68 Å². The van der Waals surface area contributed by atoms with Gasteiger partial charge in [-0.25, -0.2) is 4.79 Å². The Kier molecular flexibility index (Phi) is 1.88. The number of nitrogens with zero attached hydrogens (tertiary/aromatic N) is 3. The molecule has 0 spiro atoms. The fourth-order valence-corrected chi connectivity index (χ4v) is 0.522. The number of rotatable bonds is 0. The monoisotopic (exact) mass is 151 g/mol. The molecule has 0 aliphatic rings. The van der Waals surface area contributed by atoms with E-state index in [0.29, 0.717) is 5.69 Å². The maximum Gasteiger partial charge on any atom is 0.382 e. The molecule has 0 unspecified atom stereocenters. The summed E-state index contributed by atoms with van der Waals surface area (Å²) in [6, 6.07) is 0. The standard InChI is InChI=1S/C6H5N3O2/c1-9-4-5(7-8-9)2-3-6(10)11/h4H,1H3,(H,10,11). The molecule has 0 aromatic carbocycles. The van der Waals surface area contributed by atoms with Crippen molar-refractivity contribution in [3.05, 3.63) is 11.9 Å². The second-order valence-electron chi connectivity index (χ2n) is 1.83. The molecule has 1 rings (SSSR count). The third kappa shape index (κ3) is 2.10. The second-order valence-corrected chi connectivity index (χ2v) is 1.83. The molecule has 5 nitrogen and oxygen atoms in total. The fraction of sp³-hybridized carbons (Fsp3) is 0.167. The van der Waals surface area contributed by atoms with Crippen LogP contribution in [0.15, 0.2) is 6.20 Å². The molecule has 0 aliphatic heterocycles. The van der Waals surface area contributed by atoms with Crippen LogP contribution in [-0.2, 0) is 11.8 Å². The van der Waals surface area contributed by atoms with Gasteiger partial charge < -0.3 is 5.11 Å². The van der Waals surface area contributed by atoms with E-state index in [-0.39, 0.29) is 0 Å². The van der Waals surface area contributed by atoms with Crippen molar-refractivity contribution in [2.45, 2.75) is 0 Å². The summed E-state index contributed by atoms with van der Waals surface area (Å²) < 4.78 is 1.45. The van der Waals surface area contributed by atoms with Gasteiger partial charge >= 0.3 is 5.97 Å². The van der Waals surface area contributed by atoms with E-state index >= 15 is 0 Å². The zero-order chi connectivity index (χ0) is 8.27. The summed E-state index contributed by atoms with van der Waals surface area (Å²) in [6.45, 7) is 0. The van der Waals surface area contributed by atoms with Crippen LogP contribution < -0.4 is 0 Å². The molecular weight excluding hydrogens is 146 g/mol. The van der Waals surface area contributed by atoms with Crippen LogP contribution in [0, 0.1) is 11.8 Å². The Hall–Kier alpha value is -1.83. The first-order valence-electron chi connectivity index (χ1n) is 2.80. The maximum atomic E-state index is 9.95. The van der Waals surface area contributed by atoms with Gasteiger partial charge in [-0.1, -0.05) is 5.21 Å². The molecule has 56 valence electrons. The average Bonchev–Trinajstić information content (AvgIpc) is 2.31. The molecule has 0 saturated heterocycles. The van der Waals surface area contributed by atoms with E-state index in [2.05, 4.69) is 16.2 Å². The largest absolute Gasteiger partial charge is 0.472 e. The quantitative estimate of drug-likeness (QED) is 0.495. The lowest BCUT2D eigenvalue weighted by Crippen LogP contribution is -1.87.